The lowest BCUT2D eigenvalue weighted by Crippen LogP contribution is -1.89. The smallest absolute Gasteiger partial charge is 0.161 e. The van der Waals surface area contributed by atoms with Crippen molar-refractivity contribution in [3.05, 3.63) is 40.1 Å². The molecule has 0 amide bonds. The molecule has 0 radical (unpaired) electrons. The first-order valence-electron chi connectivity index (χ1n) is 3.06. The van der Waals surface area contributed by atoms with Crippen LogP contribution in [-0.2, 0) is 0 Å². The minimum atomic E-state index is -1.18. The van der Waals surface area contributed by atoms with E-state index in [1.165, 1.54) is 11.1 Å². The number of hydrogen-bond donors (Lipinski definition) is 0. The van der Waals surface area contributed by atoms with Crippen molar-refractivity contribution < 1.29 is 13.2 Å². The molecule has 0 bridgehead atoms. The quantitative estimate of drug-likeness (QED) is 0.656. The summed E-state index contributed by atoms with van der Waals surface area (Å²) >= 11 is 2.90. The van der Waals surface area contributed by atoms with Crippen LogP contribution in [0.2, 0.25) is 0 Å². The first kappa shape index (κ1) is 9.32. The van der Waals surface area contributed by atoms with Gasteiger partial charge in [-0.1, -0.05) is 15.9 Å². The van der Waals surface area contributed by atoms with Crippen molar-refractivity contribution in [2.45, 2.75) is 0 Å². The summed E-state index contributed by atoms with van der Waals surface area (Å²) in [5, 5.41) is 0. The second-order valence-electron chi connectivity index (χ2n) is 2.08. The van der Waals surface area contributed by atoms with Crippen LogP contribution in [0.4, 0.5) is 13.2 Å². The van der Waals surface area contributed by atoms with E-state index in [0.717, 1.165) is 6.07 Å². The molecule has 0 saturated heterocycles. The van der Waals surface area contributed by atoms with Gasteiger partial charge in [-0.15, -0.1) is 0 Å². The van der Waals surface area contributed by atoms with Crippen LogP contribution in [-0.4, -0.2) is 0 Å². The van der Waals surface area contributed by atoms with Crippen LogP contribution in [0.25, 0.3) is 6.08 Å². The summed E-state index contributed by atoms with van der Waals surface area (Å²) in [7, 11) is 0. The van der Waals surface area contributed by atoms with Crippen LogP contribution < -0.4 is 0 Å². The molecule has 64 valence electrons. The maximum atomic E-state index is 12.7. The highest BCUT2D eigenvalue weighted by atomic mass is 79.9. The van der Waals surface area contributed by atoms with Crippen molar-refractivity contribution in [3.63, 3.8) is 0 Å². The summed E-state index contributed by atoms with van der Waals surface area (Å²) in [6, 6.07) is 1.31. The highest BCUT2D eigenvalue weighted by Gasteiger charge is 2.06. The Morgan fingerprint density at radius 1 is 1.00 bits per heavy atom. The van der Waals surface area contributed by atoms with E-state index in [1.54, 1.807) is 0 Å². The molecule has 12 heavy (non-hydrogen) atoms. The van der Waals surface area contributed by atoms with Gasteiger partial charge >= 0.3 is 0 Å². The molecule has 0 heterocycles. The molecule has 0 aliphatic rings. The Morgan fingerprint density at radius 3 is 2.17 bits per heavy atom. The molecular weight excluding hydrogens is 233 g/mol. The molecule has 0 unspecified atom stereocenters. The summed E-state index contributed by atoms with van der Waals surface area (Å²) in [6.07, 6.45) is 1.29. The van der Waals surface area contributed by atoms with E-state index >= 15 is 0 Å². The van der Waals surface area contributed by atoms with Gasteiger partial charge in [0.2, 0.25) is 0 Å². The van der Waals surface area contributed by atoms with E-state index in [-0.39, 0.29) is 5.56 Å². The van der Waals surface area contributed by atoms with Crippen LogP contribution in [0.3, 0.4) is 0 Å². The number of halogens is 4. The maximum Gasteiger partial charge on any atom is 0.161 e. The average Bonchev–Trinajstić information content (AvgIpc) is 2.01. The van der Waals surface area contributed by atoms with Crippen molar-refractivity contribution in [1.82, 2.24) is 0 Å². The zero-order chi connectivity index (χ0) is 9.14. The van der Waals surface area contributed by atoms with Crippen LogP contribution in [0.15, 0.2) is 17.1 Å². The number of rotatable bonds is 1. The summed E-state index contributed by atoms with van der Waals surface area (Å²) in [4.78, 5) is 1.36. The summed E-state index contributed by atoms with van der Waals surface area (Å²) in [6.45, 7) is 0. The largest absolute Gasteiger partial charge is 0.206 e. The lowest BCUT2D eigenvalue weighted by molar-refractivity contribution is 0.494. The fourth-order valence-electron chi connectivity index (χ4n) is 0.734. The van der Waals surface area contributed by atoms with Crippen molar-refractivity contribution in [1.29, 1.82) is 0 Å². The van der Waals surface area contributed by atoms with Crippen molar-refractivity contribution in [3.8, 4) is 0 Å². The third-order valence-corrected chi connectivity index (χ3v) is 1.55. The number of hydrogen-bond acceptors (Lipinski definition) is 0. The zero-order valence-corrected chi connectivity index (χ0v) is 7.41. The van der Waals surface area contributed by atoms with Crippen molar-refractivity contribution >= 4 is 22.0 Å². The van der Waals surface area contributed by atoms with Crippen LogP contribution in [0.1, 0.15) is 5.56 Å². The van der Waals surface area contributed by atoms with Crippen molar-refractivity contribution in [2.24, 2.45) is 0 Å². The van der Waals surface area contributed by atoms with Crippen molar-refractivity contribution in [2.75, 3.05) is 0 Å². The van der Waals surface area contributed by atoms with Crippen LogP contribution in [0, 0.1) is 17.5 Å². The topological polar surface area (TPSA) is 0 Å². The monoisotopic (exact) mass is 236 g/mol. The number of benzene rings is 1. The molecule has 0 N–H and O–H groups in total. The molecule has 0 fully saturated rings. The standard InChI is InChI=1S/C8H4BrF3/c9-2-1-5-3-7(11)8(12)4-6(5)10/h1-4H/b2-1+. The molecule has 0 nitrogen and oxygen atoms in total. The SMILES string of the molecule is Fc1cc(F)c(/C=C/Br)cc1F. The molecule has 1 aromatic carbocycles. The molecule has 1 rings (SSSR count). The van der Waals surface area contributed by atoms with Gasteiger partial charge in [-0.3, -0.25) is 0 Å². The Morgan fingerprint density at radius 2 is 1.58 bits per heavy atom. The van der Waals surface area contributed by atoms with E-state index in [1.807, 2.05) is 0 Å². The first-order valence-corrected chi connectivity index (χ1v) is 3.98. The van der Waals surface area contributed by atoms with Crippen LogP contribution in [0.5, 0.6) is 0 Å². The van der Waals surface area contributed by atoms with E-state index in [4.69, 9.17) is 0 Å². The highest BCUT2D eigenvalue weighted by molar-refractivity contribution is 9.11. The minimum Gasteiger partial charge on any atom is -0.206 e. The lowest BCUT2D eigenvalue weighted by Gasteiger charge is -1.97. The van der Waals surface area contributed by atoms with Gasteiger partial charge in [0.05, 0.1) is 0 Å². The van der Waals surface area contributed by atoms with Gasteiger partial charge < -0.3 is 0 Å². The molecular formula is C8H4BrF3. The van der Waals surface area contributed by atoms with Gasteiger partial charge in [0.1, 0.15) is 5.82 Å². The normalized spacial score (nSPS) is 11.0. The Balaban J connectivity index is 3.23. The van der Waals surface area contributed by atoms with E-state index in [2.05, 4.69) is 15.9 Å². The minimum absolute atomic E-state index is 0.00535. The molecule has 0 spiro atoms. The van der Waals surface area contributed by atoms with Crippen LogP contribution >= 0.6 is 15.9 Å². The van der Waals surface area contributed by atoms with E-state index in [9.17, 15) is 13.2 Å². The van der Waals surface area contributed by atoms with Gasteiger partial charge in [-0.25, -0.2) is 13.2 Å². The fourth-order valence-corrected chi connectivity index (χ4v) is 1.02. The van der Waals surface area contributed by atoms with Gasteiger partial charge in [0, 0.05) is 11.6 Å². The van der Waals surface area contributed by atoms with Gasteiger partial charge in [0.15, 0.2) is 11.6 Å². The summed E-state index contributed by atoms with van der Waals surface area (Å²) in [5.41, 5.74) is 0.00535. The molecule has 4 heteroatoms. The van der Waals surface area contributed by atoms with Gasteiger partial charge in [0.25, 0.3) is 0 Å². The molecule has 0 atom stereocenters. The predicted molar refractivity (Wildman–Crippen MR) is 44.3 cm³/mol. The van der Waals surface area contributed by atoms with E-state index < -0.39 is 17.5 Å². The Hall–Kier alpha value is -0.770. The second kappa shape index (κ2) is 3.76. The Kier molecular flexibility index (Phi) is 2.92. The van der Waals surface area contributed by atoms with Gasteiger partial charge in [-0.2, -0.15) is 0 Å². The third-order valence-electron chi connectivity index (χ3n) is 1.28. The summed E-state index contributed by atoms with van der Waals surface area (Å²) < 4.78 is 37.6. The lowest BCUT2D eigenvalue weighted by atomic mass is 10.2. The molecule has 0 aliphatic carbocycles. The Bertz CT molecular complexity index is 320. The zero-order valence-electron chi connectivity index (χ0n) is 5.82. The van der Waals surface area contributed by atoms with E-state index in [0.29, 0.717) is 6.07 Å². The summed E-state index contributed by atoms with van der Waals surface area (Å²) in [5.74, 6) is -3.03. The predicted octanol–water partition coefficient (Wildman–Crippen LogP) is 3.47. The molecule has 1 aromatic rings. The Labute approximate surface area is 75.8 Å². The average molecular weight is 237 g/mol. The third kappa shape index (κ3) is 1.88. The second-order valence-corrected chi connectivity index (χ2v) is 2.61. The molecule has 0 saturated carbocycles. The fraction of sp³-hybridized carbons (Fsp3) is 0. The van der Waals surface area contributed by atoms with Gasteiger partial charge in [-0.05, 0) is 17.1 Å². The first-order chi connectivity index (χ1) is 5.65. The molecule has 0 aliphatic heterocycles. The molecule has 0 aromatic heterocycles. The maximum absolute atomic E-state index is 12.7. The highest BCUT2D eigenvalue weighted by Crippen LogP contribution is 2.15.